The van der Waals surface area contributed by atoms with Crippen molar-refractivity contribution in [1.82, 2.24) is 20.1 Å². The average molecular weight is 377 g/mol. The van der Waals surface area contributed by atoms with Crippen LogP contribution in [0.1, 0.15) is 18.5 Å². The molecule has 1 atom stereocenters. The van der Waals surface area contributed by atoms with Gasteiger partial charge in [0.05, 0.1) is 12.2 Å². The first kappa shape index (κ1) is 18.3. The van der Waals surface area contributed by atoms with Gasteiger partial charge in [0.15, 0.2) is 0 Å². The van der Waals surface area contributed by atoms with E-state index in [0.29, 0.717) is 34.5 Å². The molecule has 1 aliphatic heterocycles. The van der Waals surface area contributed by atoms with E-state index in [2.05, 4.69) is 20.5 Å². The topological polar surface area (TPSA) is 117 Å². The lowest BCUT2D eigenvalue weighted by molar-refractivity contribution is -0.119. The van der Waals surface area contributed by atoms with E-state index >= 15 is 0 Å². The van der Waals surface area contributed by atoms with Crippen LogP contribution >= 0.6 is 11.6 Å². The molecular formula is C17H21ClN6O2. The van der Waals surface area contributed by atoms with Gasteiger partial charge in [0.25, 0.3) is 0 Å². The summed E-state index contributed by atoms with van der Waals surface area (Å²) in [6.45, 7) is 3.62. The molecule has 0 spiro atoms. The van der Waals surface area contributed by atoms with Crippen LogP contribution in [0.5, 0.6) is 5.75 Å². The minimum absolute atomic E-state index is 0.0341. The minimum Gasteiger partial charge on any atom is -0.507 e. The Morgan fingerprint density at radius 2 is 2.27 bits per heavy atom. The molecule has 0 aliphatic carbocycles. The molecule has 0 bridgehead atoms. The maximum atomic E-state index is 11.1. The van der Waals surface area contributed by atoms with Crippen molar-refractivity contribution in [3.05, 3.63) is 28.9 Å². The number of rotatable bonds is 5. The predicted molar refractivity (Wildman–Crippen MR) is 99.0 cm³/mol. The summed E-state index contributed by atoms with van der Waals surface area (Å²) in [4.78, 5) is 17.6. The molecule has 2 aromatic rings. The third-order valence-electron chi connectivity index (χ3n) is 4.29. The van der Waals surface area contributed by atoms with Gasteiger partial charge in [-0.1, -0.05) is 11.6 Å². The van der Waals surface area contributed by atoms with Crippen molar-refractivity contribution in [2.45, 2.75) is 25.8 Å². The highest BCUT2D eigenvalue weighted by Gasteiger charge is 2.22. The zero-order valence-electron chi connectivity index (χ0n) is 14.4. The van der Waals surface area contributed by atoms with Crippen molar-refractivity contribution in [3.8, 4) is 17.0 Å². The fourth-order valence-corrected chi connectivity index (χ4v) is 3.31. The Morgan fingerprint density at radius 1 is 1.46 bits per heavy atom. The number of carbonyl (C=O) groups excluding carboxylic acids is 1. The predicted octanol–water partition coefficient (Wildman–Crippen LogP) is 1.57. The number of anilines is 1. The van der Waals surface area contributed by atoms with E-state index in [-0.39, 0.29) is 24.2 Å². The van der Waals surface area contributed by atoms with Crippen LogP contribution in [0, 0.1) is 6.92 Å². The van der Waals surface area contributed by atoms with E-state index in [1.54, 1.807) is 12.1 Å². The zero-order chi connectivity index (χ0) is 18.7. The molecule has 1 aliphatic rings. The van der Waals surface area contributed by atoms with Crippen LogP contribution in [0.3, 0.4) is 0 Å². The standard InChI is InChI=1S/C17H21ClN6O2/c1-10-16(13-5-4-11(18)7-14(13)25)22-23-17(20-10)21-12-3-2-6-24(8-12)9-15(19)26/h4-5,7,12,25H,2-3,6,8-9H2,1H3,(H2,19,26)(H,20,21,23). The normalized spacial score (nSPS) is 17.8. The Kier molecular flexibility index (Phi) is 5.53. The number of nitrogens with zero attached hydrogens (tertiary/aromatic N) is 4. The van der Waals surface area contributed by atoms with Crippen LogP contribution in [0.4, 0.5) is 5.95 Å². The zero-order valence-corrected chi connectivity index (χ0v) is 15.2. The molecule has 4 N–H and O–H groups in total. The van der Waals surface area contributed by atoms with E-state index in [4.69, 9.17) is 17.3 Å². The number of halogens is 1. The molecule has 1 aromatic heterocycles. The van der Waals surface area contributed by atoms with Crippen molar-refractivity contribution in [2.24, 2.45) is 5.73 Å². The highest BCUT2D eigenvalue weighted by Crippen LogP contribution is 2.31. The first-order valence-corrected chi connectivity index (χ1v) is 8.77. The summed E-state index contributed by atoms with van der Waals surface area (Å²) in [6, 6.07) is 4.95. The molecule has 1 fully saturated rings. The van der Waals surface area contributed by atoms with Gasteiger partial charge in [0.1, 0.15) is 11.4 Å². The van der Waals surface area contributed by atoms with Crippen LogP contribution < -0.4 is 11.1 Å². The number of carbonyl (C=O) groups is 1. The van der Waals surface area contributed by atoms with Crippen LogP contribution in [0.15, 0.2) is 18.2 Å². The fraction of sp³-hybridized carbons (Fsp3) is 0.412. The lowest BCUT2D eigenvalue weighted by atomic mass is 10.1. The summed E-state index contributed by atoms with van der Waals surface area (Å²) in [5.74, 6) is 0.129. The molecule has 8 nitrogen and oxygen atoms in total. The quantitative estimate of drug-likeness (QED) is 0.724. The van der Waals surface area contributed by atoms with Crippen LogP contribution in [0.2, 0.25) is 5.02 Å². The van der Waals surface area contributed by atoms with E-state index in [0.717, 1.165) is 19.4 Å². The van der Waals surface area contributed by atoms with E-state index in [9.17, 15) is 9.90 Å². The number of aryl methyl sites for hydroxylation is 1. The van der Waals surface area contributed by atoms with Crippen LogP contribution in [-0.4, -0.2) is 56.8 Å². The molecule has 1 aromatic carbocycles. The Morgan fingerprint density at radius 3 is 2.96 bits per heavy atom. The van der Waals surface area contributed by atoms with Crippen molar-refractivity contribution in [2.75, 3.05) is 25.0 Å². The number of nitrogens with two attached hydrogens (primary N) is 1. The van der Waals surface area contributed by atoms with Crippen molar-refractivity contribution in [3.63, 3.8) is 0 Å². The first-order valence-electron chi connectivity index (χ1n) is 8.40. The Bertz CT molecular complexity index is 816. The lowest BCUT2D eigenvalue weighted by Crippen LogP contribution is -2.45. The molecule has 1 unspecified atom stereocenters. The largest absolute Gasteiger partial charge is 0.507 e. The molecule has 2 heterocycles. The third kappa shape index (κ3) is 4.39. The van der Waals surface area contributed by atoms with Gasteiger partial charge < -0.3 is 16.2 Å². The number of phenols is 1. The molecule has 138 valence electrons. The van der Waals surface area contributed by atoms with Gasteiger partial charge in [-0.05, 0) is 44.5 Å². The van der Waals surface area contributed by atoms with Gasteiger partial charge in [-0.3, -0.25) is 9.69 Å². The monoisotopic (exact) mass is 376 g/mol. The second kappa shape index (κ2) is 7.84. The maximum Gasteiger partial charge on any atom is 0.243 e. The van der Waals surface area contributed by atoms with Crippen molar-refractivity contribution < 1.29 is 9.90 Å². The average Bonchev–Trinajstić information content (AvgIpc) is 2.56. The number of hydrogen-bond acceptors (Lipinski definition) is 7. The fourth-order valence-electron chi connectivity index (χ4n) is 3.14. The summed E-state index contributed by atoms with van der Waals surface area (Å²) in [5.41, 5.74) is 6.95. The van der Waals surface area contributed by atoms with E-state index < -0.39 is 0 Å². The highest BCUT2D eigenvalue weighted by molar-refractivity contribution is 6.30. The maximum absolute atomic E-state index is 11.1. The number of likely N-dealkylation sites (tertiary alicyclic amines) is 1. The molecular weight excluding hydrogens is 356 g/mol. The molecule has 26 heavy (non-hydrogen) atoms. The number of amides is 1. The van der Waals surface area contributed by atoms with Gasteiger partial charge in [0, 0.05) is 23.2 Å². The van der Waals surface area contributed by atoms with Gasteiger partial charge >= 0.3 is 0 Å². The van der Waals surface area contributed by atoms with Gasteiger partial charge in [0.2, 0.25) is 11.9 Å². The summed E-state index contributed by atoms with van der Waals surface area (Å²) in [6.07, 6.45) is 1.92. The number of aromatic nitrogens is 3. The highest BCUT2D eigenvalue weighted by atomic mass is 35.5. The first-order chi connectivity index (χ1) is 12.4. The Balaban J connectivity index is 1.72. The van der Waals surface area contributed by atoms with Crippen molar-refractivity contribution >= 4 is 23.5 Å². The molecule has 1 saturated heterocycles. The number of piperidine rings is 1. The Hall–Kier alpha value is -2.45. The molecule has 0 saturated carbocycles. The van der Waals surface area contributed by atoms with Gasteiger partial charge in [-0.25, -0.2) is 4.98 Å². The van der Waals surface area contributed by atoms with Crippen molar-refractivity contribution in [1.29, 1.82) is 0 Å². The number of phenolic OH excluding ortho intramolecular Hbond substituents is 1. The van der Waals surface area contributed by atoms with Gasteiger partial charge in [-0.15, -0.1) is 10.2 Å². The van der Waals surface area contributed by atoms with Crippen LogP contribution in [0.25, 0.3) is 11.3 Å². The lowest BCUT2D eigenvalue weighted by Gasteiger charge is -2.32. The van der Waals surface area contributed by atoms with Gasteiger partial charge in [-0.2, -0.15) is 0 Å². The van der Waals surface area contributed by atoms with E-state index in [1.807, 2.05) is 11.8 Å². The number of primary amides is 1. The summed E-state index contributed by atoms with van der Waals surface area (Å²) in [7, 11) is 0. The summed E-state index contributed by atoms with van der Waals surface area (Å²) >= 11 is 5.87. The van der Waals surface area contributed by atoms with E-state index in [1.165, 1.54) is 6.07 Å². The van der Waals surface area contributed by atoms with Crippen LogP contribution in [-0.2, 0) is 4.79 Å². The second-order valence-corrected chi connectivity index (χ2v) is 6.85. The molecule has 0 radical (unpaired) electrons. The third-order valence-corrected chi connectivity index (χ3v) is 4.53. The number of hydrogen-bond donors (Lipinski definition) is 3. The molecule has 1 amide bonds. The smallest absolute Gasteiger partial charge is 0.243 e. The minimum atomic E-state index is -0.327. The number of nitrogens with one attached hydrogen (secondary N) is 1. The summed E-state index contributed by atoms with van der Waals surface area (Å²) < 4.78 is 0. The molecule has 9 heteroatoms. The summed E-state index contributed by atoms with van der Waals surface area (Å²) in [5, 5.41) is 22.1. The molecule has 3 rings (SSSR count). The number of aromatic hydroxyl groups is 1. The Labute approximate surface area is 156 Å². The SMILES string of the molecule is Cc1nc(NC2CCCN(CC(N)=O)C2)nnc1-c1ccc(Cl)cc1O. The number of benzene rings is 1. The second-order valence-electron chi connectivity index (χ2n) is 6.42.